The summed E-state index contributed by atoms with van der Waals surface area (Å²) in [5.74, 6) is 0.552. The van der Waals surface area contributed by atoms with Crippen molar-refractivity contribution in [3.63, 3.8) is 0 Å². The zero-order valence-electron chi connectivity index (χ0n) is 9.57. The summed E-state index contributed by atoms with van der Waals surface area (Å²) < 4.78 is 22.9. The molecule has 0 aromatic heterocycles. The Morgan fingerprint density at radius 2 is 2.06 bits per heavy atom. The SMILES string of the molecule is CC(=O)c1ccc(Br)cc1SCCS(C)(=O)=O. The Morgan fingerprint density at radius 1 is 1.41 bits per heavy atom. The van der Waals surface area contributed by atoms with Gasteiger partial charge in [0.15, 0.2) is 5.78 Å². The highest BCUT2D eigenvalue weighted by Crippen LogP contribution is 2.27. The lowest BCUT2D eigenvalue weighted by atomic mass is 10.1. The number of benzene rings is 1. The molecule has 0 atom stereocenters. The third-order valence-electron chi connectivity index (χ3n) is 2.03. The molecular formula is C11H13BrO3S2. The smallest absolute Gasteiger partial charge is 0.160 e. The van der Waals surface area contributed by atoms with E-state index in [1.165, 1.54) is 24.9 Å². The van der Waals surface area contributed by atoms with Crippen molar-refractivity contribution in [1.82, 2.24) is 0 Å². The predicted molar refractivity (Wildman–Crippen MR) is 74.6 cm³/mol. The highest BCUT2D eigenvalue weighted by Gasteiger charge is 2.09. The second-order valence-corrected chi connectivity index (χ2v) is 7.99. The van der Waals surface area contributed by atoms with Crippen LogP contribution in [-0.4, -0.2) is 32.0 Å². The van der Waals surface area contributed by atoms with Crippen molar-refractivity contribution in [2.24, 2.45) is 0 Å². The maximum Gasteiger partial charge on any atom is 0.160 e. The maximum atomic E-state index is 11.4. The highest BCUT2D eigenvalue weighted by molar-refractivity contribution is 9.10. The molecule has 94 valence electrons. The van der Waals surface area contributed by atoms with Gasteiger partial charge in [-0.15, -0.1) is 11.8 Å². The lowest BCUT2D eigenvalue weighted by Crippen LogP contribution is -2.05. The fourth-order valence-electron chi connectivity index (χ4n) is 1.21. The Morgan fingerprint density at radius 3 is 2.59 bits per heavy atom. The fourth-order valence-corrected chi connectivity index (χ4v) is 4.06. The number of rotatable bonds is 5. The van der Waals surface area contributed by atoms with Gasteiger partial charge in [0.2, 0.25) is 0 Å². The van der Waals surface area contributed by atoms with Crippen LogP contribution < -0.4 is 0 Å². The summed E-state index contributed by atoms with van der Waals surface area (Å²) in [7, 11) is -2.95. The molecule has 0 heterocycles. The molecule has 0 aliphatic heterocycles. The van der Waals surface area contributed by atoms with Crippen molar-refractivity contribution in [2.75, 3.05) is 17.8 Å². The first-order valence-corrected chi connectivity index (χ1v) is 8.74. The first kappa shape index (κ1) is 14.7. The largest absolute Gasteiger partial charge is 0.294 e. The average molecular weight is 337 g/mol. The number of thioether (sulfide) groups is 1. The van der Waals surface area contributed by atoms with Gasteiger partial charge in [0.1, 0.15) is 9.84 Å². The third-order valence-corrected chi connectivity index (χ3v) is 4.79. The van der Waals surface area contributed by atoms with E-state index in [0.717, 1.165) is 9.37 Å². The minimum Gasteiger partial charge on any atom is -0.294 e. The molecule has 0 bridgehead atoms. The molecule has 0 unspecified atom stereocenters. The van der Waals surface area contributed by atoms with Crippen molar-refractivity contribution < 1.29 is 13.2 Å². The number of halogens is 1. The molecule has 0 aliphatic carbocycles. The topological polar surface area (TPSA) is 51.2 Å². The molecule has 0 fully saturated rings. The monoisotopic (exact) mass is 336 g/mol. The maximum absolute atomic E-state index is 11.4. The van der Waals surface area contributed by atoms with Crippen molar-refractivity contribution in [2.45, 2.75) is 11.8 Å². The van der Waals surface area contributed by atoms with E-state index in [9.17, 15) is 13.2 Å². The molecular weight excluding hydrogens is 324 g/mol. The summed E-state index contributed by atoms with van der Waals surface area (Å²) in [5.41, 5.74) is 0.631. The van der Waals surface area contributed by atoms with E-state index in [1.54, 1.807) is 12.1 Å². The van der Waals surface area contributed by atoms with E-state index in [2.05, 4.69) is 15.9 Å². The molecule has 0 spiro atoms. The normalized spacial score (nSPS) is 11.5. The minimum atomic E-state index is -2.95. The zero-order chi connectivity index (χ0) is 13.1. The molecule has 0 aliphatic rings. The molecule has 0 radical (unpaired) electrons. The summed E-state index contributed by atoms with van der Waals surface area (Å²) in [6.45, 7) is 1.50. The lowest BCUT2D eigenvalue weighted by molar-refractivity contribution is 0.101. The number of carbonyl (C=O) groups excluding carboxylic acids is 1. The van der Waals surface area contributed by atoms with Gasteiger partial charge in [0, 0.05) is 26.9 Å². The Kier molecular flexibility index (Phi) is 5.22. The van der Waals surface area contributed by atoms with Crippen molar-refractivity contribution >= 4 is 43.3 Å². The first-order chi connectivity index (χ1) is 7.79. The molecule has 0 N–H and O–H groups in total. The summed E-state index contributed by atoms with van der Waals surface area (Å²) in [6.07, 6.45) is 1.21. The van der Waals surface area contributed by atoms with Gasteiger partial charge in [-0.1, -0.05) is 15.9 Å². The van der Waals surface area contributed by atoms with E-state index < -0.39 is 9.84 Å². The first-order valence-electron chi connectivity index (χ1n) is 4.90. The van der Waals surface area contributed by atoms with Crippen molar-refractivity contribution in [1.29, 1.82) is 0 Å². The van der Waals surface area contributed by atoms with E-state index in [-0.39, 0.29) is 11.5 Å². The van der Waals surface area contributed by atoms with Crippen LogP contribution >= 0.6 is 27.7 Å². The molecule has 0 amide bonds. The van der Waals surface area contributed by atoms with Crippen LogP contribution in [-0.2, 0) is 9.84 Å². The molecule has 1 rings (SSSR count). The van der Waals surface area contributed by atoms with E-state index in [0.29, 0.717) is 11.3 Å². The average Bonchev–Trinajstić information content (AvgIpc) is 2.15. The van der Waals surface area contributed by atoms with Crippen LogP contribution in [0, 0.1) is 0 Å². The van der Waals surface area contributed by atoms with E-state index >= 15 is 0 Å². The Balaban J connectivity index is 2.82. The standard InChI is InChI=1S/C11H13BrO3S2/c1-8(13)10-4-3-9(12)7-11(10)16-5-6-17(2,14)15/h3-4,7H,5-6H2,1-2H3. The summed E-state index contributed by atoms with van der Waals surface area (Å²) in [6, 6.07) is 5.39. The van der Waals surface area contributed by atoms with Gasteiger partial charge < -0.3 is 0 Å². The van der Waals surface area contributed by atoms with Gasteiger partial charge in [0.05, 0.1) is 5.75 Å². The Hall–Kier alpha value is -0.330. The second-order valence-electron chi connectivity index (χ2n) is 3.68. The van der Waals surface area contributed by atoms with Crippen LogP contribution in [0.15, 0.2) is 27.6 Å². The predicted octanol–water partition coefficient (Wildman–Crippen LogP) is 2.79. The van der Waals surface area contributed by atoms with E-state index in [1.807, 2.05) is 6.07 Å². The van der Waals surface area contributed by atoms with E-state index in [4.69, 9.17) is 0 Å². The van der Waals surface area contributed by atoms with Gasteiger partial charge in [-0.2, -0.15) is 0 Å². The van der Waals surface area contributed by atoms with Crippen molar-refractivity contribution in [3.05, 3.63) is 28.2 Å². The molecule has 3 nitrogen and oxygen atoms in total. The van der Waals surface area contributed by atoms with Crippen LogP contribution in [0.4, 0.5) is 0 Å². The minimum absolute atomic E-state index is 0.0145. The number of hydrogen-bond donors (Lipinski definition) is 0. The van der Waals surface area contributed by atoms with Gasteiger partial charge >= 0.3 is 0 Å². The van der Waals surface area contributed by atoms with Gasteiger partial charge in [-0.05, 0) is 25.1 Å². The fraction of sp³-hybridized carbons (Fsp3) is 0.364. The van der Waals surface area contributed by atoms with Gasteiger partial charge in [-0.25, -0.2) is 8.42 Å². The Bertz CT molecular complexity index is 524. The number of ketones is 1. The van der Waals surface area contributed by atoms with Crippen LogP contribution in [0.2, 0.25) is 0 Å². The molecule has 17 heavy (non-hydrogen) atoms. The van der Waals surface area contributed by atoms with Crippen molar-refractivity contribution in [3.8, 4) is 0 Å². The van der Waals surface area contributed by atoms with Crippen LogP contribution in [0.25, 0.3) is 0 Å². The van der Waals surface area contributed by atoms with Gasteiger partial charge in [0.25, 0.3) is 0 Å². The Labute approximate surface area is 114 Å². The highest BCUT2D eigenvalue weighted by atomic mass is 79.9. The van der Waals surface area contributed by atoms with Crippen LogP contribution in [0.1, 0.15) is 17.3 Å². The molecule has 1 aromatic carbocycles. The number of Topliss-reactive ketones (excluding diaryl/α,β-unsaturated/α-hetero) is 1. The summed E-state index contributed by atoms with van der Waals surface area (Å²) in [4.78, 5) is 12.2. The van der Waals surface area contributed by atoms with Gasteiger partial charge in [-0.3, -0.25) is 4.79 Å². The number of sulfone groups is 1. The molecule has 0 saturated heterocycles. The molecule has 6 heteroatoms. The second kappa shape index (κ2) is 6.02. The number of hydrogen-bond acceptors (Lipinski definition) is 4. The summed E-state index contributed by atoms with van der Waals surface area (Å²) >= 11 is 4.72. The molecule has 0 saturated carbocycles. The quantitative estimate of drug-likeness (QED) is 0.612. The molecule has 1 aromatic rings. The number of carbonyl (C=O) groups is 1. The zero-order valence-corrected chi connectivity index (χ0v) is 12.8. The van der Waals surface area contributed by atoms with Crippen LogP contribution in [0.5, 0.6) is 0 Å². The van der Waals surface area contributed by atoms with Crippen LogP contribution in [0.3, 0.4) is 0 Å². The summed E-state index contributed by atoms with van der Waals surface area (Å²) in [5, 5.41) is 0. The lowest BCUT2D eigenvalue weighted by Gasteiger charge is -2.06. The third kappa shape index (κ3) is 5.23.